The Morgan fingerprint density at radius 2 is 1.52 bits per heavy atom. The third kappa shape index (κ3) is 4.18. The second-order valence-corrected chi connectivity index (χ2v) is 6.49. The summed E-state index contributed by atoms with van der Waals surface area (Å²) in [5.74, 6) is 0. The molecule has 2 rings (SSSR count). The Labute approximate surface area is 147 Å². The molecular formula is C17H20BrN5. The van der Waals surface area contributed by atoms with Crippen molar-refractivity contribution in [3.63, 3.8) is 0 Å². The largest absolute Gasteiger partial charge is 0.249 e. The molecule has 0 spiro atoms. The summed E-state index contributed by atoms with van der Waals surface area (Å²) in [4.78, 5) is 3.94. The van der Waals surface area contributed by atoms with E-state index in [1.165, 1.54) is 6.33 Å². The zero-order chi connectivity index (χ0) is 16.4. The van der Waals surface area contributed by atoms with Gasteiger partial charge in [-0.25, -0.2) is 9.67 Å². The topological polar surface area (TPSA) is 78.3 Å². The lowest BCUT2D eigenvalue weighted by Gasteiger charge is -2.23. The molecule has 0 fully saturated rings. The molecule has 0 N–H and O–H groups in total. The SMILES string of the molecule is Br.CC(C)(C#N)c1cc(Cn2cncn2)cc(C(C)(C)C#N)c1. The van der Waals surface area contributed by atoms with Crippen LogP contribution in [0.4, 0.5) is 0 Å². The fourth-order valence-electron chi connectivity index (χ4n) is 2.14. The van der Waals surface area contributed by atoms with E-state index < -0.39 is 10.8 Å². The molecule has 0 unspecified atom stereocenters. The predicted molar refractivity (Wildman–Crippen MR) is 93.2 cm³/mol. The normalized spacial score (nSPS) is 11.2. The van der Waals surface area contributed by atoms with Crippen molar-refractivity contribution in [2.75, 3.05) is 0 Å². The number of benzene rings is 1. The number of nitriles is 2. The molecule has 0 aliphatic carbocycles. The molecule has 0 radical (unpaired) electrons. The Balaban J connectivity index is 0.00000264. The standard InChI is InChI=1S/C17H19N5.BrH/c1-16(2,9-18)14-5-13(8-22-12-20-11-21-22)6-15(7-14)17(3,4)10-19;/h5-7,11-12H,8H2,1-4H3;1H. The minimum Gasteiger partial charge on any atom is -0.249 e. The van der Waals surface area contributed by atoms with Crippen molar-refractivity contribution in [1.82, 2.24) is 14.8 Å². The predicted octanol–water partition coefficient (Wildman–Crippen LogP) is 3.51. The first-order valence-electron chi connectivity index (χ1n) is 7.08. The maximum Gasteiger partial charge on any atom is 0.137 e. The van der Waals surface area contributed by atoms with Crippen LogP contribution in [0.5, 0.6) is 0 Å². The second kappa shape index (κ2) is 6.93. The highest BCUT2D eigenvalue weighted by atomic mass is 79.9. The molecule has 2 aromatic rings. The van der Waals surface area contributed by atoms with Crippen LogP contribution in [0.1, 0.15) is 44.4 Å². The average molecular weight is 374 g/mol. The van der Waals surface area contributed by atoms with E-state index in [4.69, 9.17) is 0 Å². The van der Waals surface area contributed by atoms with Crippen molar-refractivity contribution in [1.29, 1.82) is 10.5 Å². The lowest BCUT2D eigenvalue weighted by molar-refractivity contribution is 0.646. The number of aromatic nitrogens is 3. The van der Waals surface area contributed by atoms with Crippen LogP contribution in [0, 0.1) is 22.7 Å². The molecule has 1 aromatic heterocycles. The summed E-state index contributed by atoms with van der Waals surface area (Å²) >= 11 is 0. The quantitative estimate of drug-likeness (QED) is 0.821. The smallest absolute Gasteiger partial charge is 0.137 e. The van der Waals surface area contributed by atoms with E-state index in [9.17, 15) is 10.5 Å². The summed E-state index contributed by atoms with van der Waals surface area (Å²) in [6, 6.07) is 10.6. The Bertz CT molecular complexity index is 704. The molecule has 5 nitrogen and oxygen atoms in total. The highest BCUT2D eigenvalue weighted by Gasteiger charge is 2.26. The molecule has 23 heavy (non-hydrogen) atoms. The Morgan fingerprint density at radius 1 is 1.00 bits per heavy atom. The van der Waals surface area contributed by atoms with Crippen molar-refractivity contribution >= 4 is 17.0 Å². The third-order valence-electron chi connectivity index (χ3n) is 3.81. The summed E-state index contributed by atoms with van der Waals surface area (Å²) < 4.78 is 1.72. The molecule has 120 valence electrons. The summed E-state index contributed by atoms with van der Waals surface area (Å²) in [6.45, 7) is 8.08. The van der Waals surface area contributed by atoms with E-state index in [2.05, 4.69) is 22.2 Å². The highest BCUT2D eigenvalue weighted by Crippen LogP contribution is 2.30. The van der Waals surface area contributed by atoms with Crippen LogP contribution in [0.25, 0.3) is 0 Å². The molecule has 0 amide bonds. The number of rotatable bonds is 4. The van der Waals surface area contributed by atoms with Crippen LogP contribution >= 0.6 is 17.0 Å². The zero-order valence-electron chi connectivity index (χ0n) is 13.7. The average Bonchev–Trinajstić information content (AvgIpc) is 2.99. The van der Waals surface area contributed by atoms with Crippen LogP contribution in [-0.2, 0) is 17.4 Å². The van der Waals surface area contributed by atoms with Crippen LogP contribution in [0.15, 0.2) is 30.9 Å². The van der Waals surface area contributed by atoms with Crippen molar-refractivity contribution in [2.24, 2.45) is 0 Å². The van der Waals surface area contributed by atoms with E-state index >= 15 is 0 Å². The van der Waals surface area contributed by atoms with Gasteiger partial charge in [-0.2, -0.15) is 15.6 Å². The molecule has 1 heterocycles. The number of halogens is 1. The Hall–Kier alpha value is -2.18. The van der Waals surface area contributed by atoms with E-state index in [1.807, 2.05) is 45.9 Å². The van der Waals surface area contributed by atoms with Gasteiger partial charge in [0.05, 0.1) is 29.5 Å². The fourth-order valence-corrected chi connectivity index (χ4v) is 2.14. The highest BCUT2D eigenvalue weighted by molar-refractivity contribution is 8.93. The van der Waals surface area contributed by atoms with Gasteiger partial charge in [0, 0.05) is 0 Å². The number of hydrogen-bond donors (Lipinski definition) is 0. The summed E-state index contributed by atoms with van der Waals surface area (Å²) in [5.41, 5.74) is 1.60. The minimum absolute atomic E-state index is 0. The summed E-state index contributed by atoms with van der Waals surface area (Å²) in [5, 5.41) is 22.9. The van der Waals surface area contributed by atoms with E-state index in [1.54, 1.807) is 11.0 Å². The van der Waals surface area contributed by atoms with Crippen LogP contribution in [-0.4, -0.2) is 14.8 Å². The van der Waals surface area contributed by atoms with Crippen LogP contribution in [0.2, 0.25) is 0 Å². The van der Waals surface area contributed by atoms with Crippen molar-refractivity contribution in [3.05, 3.63) is 47.5 Å². The maximum atomic E-state index is 9.40. The summed E-state index contributed by atoms with van der Waals surface area (Å²) in [6.07, 6.45) is 3.14. The van der Waals surface area contributed by atoms with E-state index in [0.717, 1.165) is 16.7 Å². The molecule has 1 aromatic carbocycles. The molecule has 0 aliphatic rings. The first kappa shape index (κ1) is 18.9. The minimum atomic E-state index is -0.612. The van der Waals surface area contributed by atoms with Gasteiger partial charge in [-0.1, -0.05) is 18.2 Å². The summed E-state index contributed by atoms with van der Waals surface area (Å²) in [7, 11) is 0. The van der Waals surface area contributed by atoms with Gasteiger partial charge in [0.2, 0.25) is 0 Å². The van der Waals surface area contributed by atoms with Gasteiger partial charge in [-0.05, 0) is 44.4 Å². The molecule has 0 atom stereocenters. The molecular weight excluding hydrogens is 354 g/mol. The molecule has 0 bridgehead atoms. The van der Waals surface area contributed by atoms with Gasteiger partial charge >= 0.3 is 0 Å². The molecule has 0 saturated carbocycles. The molecule has 0 saturated heterocycles. The molecule has 6 heteroatoms. The third-order valence-corrected chi connectivity index (χ3v) is 3.81. The van der Waals surface area contributed by atoms with Crippen molar-refractivity contribution < 1.29 is 0 Å². The van der Waals surface area contributed by atoms with Gasteiger partial charge < -0.3 is 0 Å². The van der Waals surface area contributed by atoms with Crippen molar-refractivity contribution in [3.8, 4) is 12.1 Å². The van der Waals surface area contributed by atoms with Crippen LogP contribution < -0.4 is 0 Å². The first-order chi connectivity index (χ1) is 10.3. The lowest BCUT2D eigenvalue weighted by Crippen LogP contribution is -2.20. The monoisotopic (exact) mass is 373 g/mol. The van der Waals surface area contributed by atoms with Gasteiger partial charge in [0.15, 0.2) is 0 Å². The van der Waals surface area contributed by atoms with Gasteiger partial charge in [0.1, 0.15) is 12.7 Å². The van der Waals surface area contributed by atoms with Gasteiger partial charge in [0.25, 0.3) is 0 Å². The van der Waals surface area contributed by atoms with Crippen LogP contribution in [0.3, 0.4) is 0 Å². The van der Waals surface area contributed by atoms with Gasteiger partial charge in [-0.15, -0.1) is 17.0 Å². The fraction of sp³-hybridized carbons (Fsp3) is 0.412. The Kier molecular flexibility index (Phi) is 5.69. The first-order valence-corrected chi connectivity index (χ1v) is 7.08. The van der Waals surface area contributed by atoms with Gasteiger partial charge in [-0.3, -0.25) is 0 Å². The Morgan fingerprint density at radius 3 is 1.91 bits per heavy atom. The van der Waals surface area contributed by atoms with E-state index in [0.29, 0.717) is 6.54 Å². The maximum absolute atomic E-state index is 9.40. The van der Waals surface area contributed by atoms with E-state index in [-0.39, 0.29) is 17.0 Å². The second-order valence-electron chi connectivity index (χ2n) is 6.49. The number of hydrogen-bond acceptors (Lipinski definition) is 4. The van der Waals surface area contributed by atoms with Crippen molar-refractivity contribution in [2.45, 2.75) is 45.1 Å². The molecule has 0 aliphatic heterocycles. The lowest BCUT2D eigenvalue weighted by atomic mass is 9.79. The number of nitrogens with zero attached hydrogens (tertiary/aromatic N) is 5. The zero-order valence-corrected chi connectivity index (χ0v) is 15.5.